The molecule has 2 aromatic carbocycles. The summed E-state index contributed by atoms with van der Waals surface area (Å²) in [6.07, 6.45) is 3.04. The molecule has 120 valence electrons. The van der Waals surface area contributed by atoms with E-state index >= 15 is 0 Å². The first kappa shape index (κ1) is 16.1. The van der Waals surface area contributed by atoms with Gasteiger partial charge in [0.05, 0.1) is 6.54 Å². The van der Waals surface area contributed by atoms with Gasteiger partial charge in [0.1, 0.15) is 0 Å². The number of benzene rings is 2. The molecule has 2 aromatic rings. The standard InChI is InChI=1S/C19H22N2OS/c1-20(13-15-7-9-17(23-2)10-8-15)14-19(22)21-12-11-16-5-3-4-6-18(16)21/h3-10H,11-14H2,1-2H3. The maximum Gasteiger partial charge on any atom is 0.241 e. The molecule has 1 aliphatic rings. The average molecular weight is 326 g/mol. The van der Waals surface area contributed by atoms with Gasteiger partial charge in [-0.15, -0.1) is 11.8 Å². The van der Waals surface area contributed by atoms with Crippen molar-refractivity contribution in [3.8, 4) is 0 Å². The van der Waals surface area contributed by atoms with Crippen molar-refractivity contribution in [2.75, 3.05) is 31.3 Å². The number of hydrogen-bond acceptors (Lipinski definition) is 3. The topological polar surface area (TPSA) is 23.6 Å². The molecule has 1 heterocycles. The highest BCUT2D eigenvalue weighted by molar-refractivity contribution is 7.98. The number of fused-ring (bicyclic) bond motifs is 1. The highest BCUT2D eigenvalue weighted by Crippen LogP contribution is 2.27. The second-order valence-electron chi connectivity index (χ2n) is 5.94. The molecule has 0 N–H and O–H groups in total. The van der Waals surface area contributed by atoms with E-state index in [-0.39, 0.29) is 5.91 Å². The summed E-state index contributed by atoms with van der Waals surface area (Å²) in [6.45, 7) is 2.03. The minimum absolute atomic E-state index is 0.179. The third kappa shape index (κ3) is 3.77. The Bertz CT molecular complexity index is 684. The zero-order chi connectivity index (χ0) is 16.2. The lowest BCUT2D eigenvalue weighted by molar-refractivity contribution is -0.119. The number of para-hydroxylation sites is 1. The van der Waals surface area contributed by atoms with Crippen molar-refractivity contribution >= 4 is 23.4 Å². The molecule has 0 atom stereocenters. The second kappa shape index (κ2) is 7.20. The fraction of sp³-hybridized carbons (Fsp3) is 0.316. The van der Waals surface area contributed by atoms with Gasteiger partial charge in [-0.05, 0) is 49.1 Å². The molecular weight excluding hydrogens is 304 g/mol. The Balaban J connectivity index is 1.59. The number of carbonyl (C=O) groups is 1. The summed E-state index contributed by atoms with van der Waals surface area (Å²) in [4.78, 5) is 17.9. The summed E-state index contributed by atoms with van der Waals surface area (Å²) >= 11 is 1.74. The number of likely N-dealkylation sites (N-methyl/N-ethyl adjacent to an activating group) is 1. The number of thioether (sulfide) groups is 1. The van der Waals surface area contributed by atoms with Crippen LogP contribution in [0, 0.1) is 0 Å². The maximum atomic E-state index is 12.6. The third-order valence-electron chi connectivity index (χ3n) is 4.20. The summed E-state index contributed by atoms with van der Waals surface area (Å²) in [6, 6.07) is 16.7. The molecule has 1 amide bonds. The molecule has 1 aliphatic heterocycles. The van der Waals surface area contributed by atoms with Crippen LogP contribution >= 0.6 is 11.8 Å². The number of hydrogen-bond donors (Lipinski definition) is 0. The minimum Gasteiger partial charge on any atom is -0.311 e. The van der Waals surface area contributed by atoms with E-state index < -0.39 is 0 Å². The fourth-order valence-electron chi connectivity index (χ4n) is 3.01. The van der Waals surface area contributed by atoms with E-state index in [0.29, 0.717) is 6.54 Å². The quantitative estimate of drug-likeness (QED) is 0.787. The molecule has 23 heavy (non-hydrogen) atoms. The number of amides is 1. The maximum absolute atomic E-state index is 12.6. The van der Waals surface area contributed by atoms with Gasteiger partial charge in [0.2, 0.25) is 5.91 Å². The zero-order valence-electron chi connectivity index (χ0n) is 13.7. The summed E-state index contributed by atoms with van der Waals surface area (Å²) in [5, 5.41) is 0. The Labute approximate surface area is 142 Å². The van der Waals surface area contributed by atoms with E-state index in [9.17, 15) is 4.79 Å². The van der Waals surface area contributed by atoms with Crippen LogP contribution in [0.1, 0.15) is 11.1 Å². The van der Waals surface area contributed by atoms with Gasteiger partial charge in [-0.3, -0.25) is 9.69 Å². The predicted molar refractivity (Wildman–Crippen MR) is 97.1 cm³/mol. The smallest absolute Gasteiger partial charge is 0.241 e. The van der Waals surface area contributed by atoms with E-state index in [4.69, 9.17) is 0 Å². The fourth-order valence-corrected chi connectivity index (χ4v) is 3.42. The molecule has 3 nitrogen and oxygen atoms in total. The van der Waals surface area contributed by atoms with Gasteiger partial charge >= 0.3 is 0 Å². The van der Waals surface area contributed by atoms with Crippen molar-refractivity contribution in [1.29, 1.82) is 0 Å². The number of nitrogens with zero attached hydrogens (tertiary/aromatic N) is 2. The Morgan fingerprint density at radius 2 is 1.91 bits per heavy atom. The third-order valence-corrected chi connectivity index (χ3v) is 4.95. The molecule has 0 fully saturated rings. The number of rotatable bonds is 5. The summed E-state index contributed by atoms with van der Waals surface area (Å²) in [7, 11) is 2.00. The van der Waals surface area contributed by atoms with Gasteiger partial charge in [-0.25, -0.2) is 0 Å². The Morgan fingerprint density at radius 3 is 2.65 bits per heavy atom. The van der Waals surface area contributed by atoms with E-state index in [0.717, 1.165) is 25.2 Å². The van der Waals surface area contributed by atoms with Gasteiger partial charge in [-0.1, -0.05) is 30.3 Å². The molecule has 3 rings (SSSR count). The van der Waals surface area contributed by atoms with Crippen molar-refractivity contribution < 1.29 is 4.79 Å². The average Bonchev–Trinajstić information content (AvgIpc) is 2.99. The van der Waals surface area contributed by atoms with Crippen molar-refractivity contribution in [3.05, 3.63) is 59.7 Å². The molecule has 0 unspecified atom stereocenters. The predicted octanol–water partition coefficient (Wildman–Crippen LogP) is 3.43. The second-order valence-corrected chi connectivity index (χ2v) is 6.82. The van der Waals surface area contributed by atoms with Crippen LogP contribution in [0.5, 0.6) is 0 Å². The first-order chi connectivity index (χ1) is 11.2. The van der Waals surface area contributed by atoms with Gasteiger partial charge < -0.3 is 4.90 Å². The Kier molecular flexibility index (Phi) is 5.03. The molecule has 0 saturated carbocycles. The Hall–Kier alpha value is -1.78. The van der Waals surface area contributed by atoms with Crippen LogP contribution in [-0.2, 0) is 17.8 Å². The van der Waals surface area contributed by atoms with Crippen molar-refractivity contribution in [1.82, 2.24) is 4.90 Å². The van der Waals surface area contributed by atoms with Crippen LogP contribution in [0.2, 0.25) is 0 Å². The molecule has 0 saturated heterocycles. The molecule has 0 bridgehead atoms. The zero-order valence-corrected chi connectivity index (χ0v) is 14.5. The van der Waals surface area contributed by atoms with Gasteiger partial charge in [0.15, 0.2) is 0 Å². The van der Waals surface area contributed by atoms with E-state index in [1.54, 1.807) is 11.8 Å². The van der Waals surface area contributed by atoms with Crippen LogP contribution in [0.4, 0.5) is 5.69 Å². The van der Waals surface area contributed by atoms with E-state index in [2.05, 4.69) is 41.5 Å². The van der Waals surface area contributed by atoms with Crippen LogP contribution in [0.15, 0.2) is 53.4 Å². The molecular formula is C19H22N2OS. The minimum atomic E-state index is 0.179. The van der Waals surface area contributed by atoms with Gasteiger partial charge in [0.25, 0.3) is 0 Å². The first-order valence-electron chi connectivity index (χ1n) is 7.87. The van der Waals surface area contributed by atoms with Crippen molar-refractivity contribution in [2.45, 2.75) is 17.9 Å². The van der Waals surface area contributed by atoms with Gasteiger partial charge in [-0.2, -0.15) is 0 Å². The summed E-state index contributed by atoms with van der Waals surface area (Å²) in [5.74, 6) is 0.179. The van der Waals surface area contributed by atoms with Crippen LogP contribution in [-0.4, -0.2) is 37.2 Å². The van der Waals surface area contributed by atoms with Gasteiger partial charge in [0, 0.05) is 23.7 Å². The SMILES string of the molecule is CSc1ccc(CN(C)CC(=O)N2CCc3ccccc32)cc1. The highest BCUT2D eigenvalue weighted by atomic mass is 32.2. The highest BCUT2D eigenvalue weighted by Gasteiger charge is 2.24. The summed E-state index contributed by atoms with van der Waals surface area (Å²) < 4.78 is 0. The number of anilines is 1. The van der Waals surface area contributed by atoms with Crippen LogP contribution in [0.25, 0.3) is 0 Å². The van der Waals surface area contributed by atoms with Crippen molar-refractivity contribution in [2.24, 2.45) is 0 Å². The molecule has 0 radical (unpaired) electrons. The van der Waals surface area contributed by atoms with E-state index in [1.165, 1.54) is 16.0 Å². The monoisotopic (exact) mass is 326 g/mol. The van der Waals surface area contributed by atoms with E-state index in [1.807, 2.05) is 30.1 Å². The van der Waals surface area contributed by atoms with Crippen LogP contribution in [0.3, 0.4) is 0 Å². The van der Waals surface area contributed by atoms with Crippen molar-refractivity contribution in [3.63, 3.8) is 0 Å². The normalized spacial score (nSPS) is 13.4. The molecule has 0 aromatic heterocycles. The molecule has 0 aliphatic carbocycles. The number of carbonyl (C=O) groups excluding carboxylic acids is 1. The van der Waals surface area contributed by atoms with Crippen LogP contribution < -0.4 is 4.90 Å². The Morgan fingerprint density at radius 1 is 1.17 bits per heavy atom. The largest absolute Gasteiger partial charge is 0.311 e. The summed E-state index contributed by atoms with van der Waals surface area (Å²) in [5.41, 5.74) is 3.59. The molecule has 4 heteroatoms. The molecule has 0 spiro atoms. The lowest BCUT2D eigenvalue weighted by Gasteiger charge is -2.22. The first-order valence-corrected chi connectivity index (χ1v) is 9.09. The lowest BCUT2D eigenvalue weighted by atomic mass is 10.2. The lowest BCUT2D eigenvalue weighted by Crippen LogP contribution is -2.37.